The number of aryl methyl sites for hydroxylation is 2. The third-order valence-electron chi connectivity index (χ3n) is 6.35. The number of rotatable bonds is 10. The van der Waals surface area contributed by atoms with Crippen molar-refractivity contribution in [1.29, 1.82) is 0 Å². The fourth-order valence-corrected chi connectivity index (χ4v) is 4.49. The molecule has 2 heterocycles. The van der Waals surface area contributed by atoms with Gasteiger partial charge in [0, 0.05) is 43.9 Å². The van der Waals surface area contributed by atoms with Gasteiger partial charge in [0.05, 0.1) is 19.2 Å². The molecule has 2 aromatic rings. The van der Waals surface area contributed by atoms with E-state index in [4.69, 9.17) is 9.26 Å². The number of benzene rings is 1. The van der Waals surface area contributed by atoms with Crippen molar-refractivity contribution in [3.05, 3.63) is 46.8 Å². The quantitative estimate of drug-likeness (QED) is 0.563. The number of likely N-dealkylation sites (N-methyl/N-ethyl adjacent to an activating group) is 1. The fraction of sp³-hybridized carbons (Fsp3) is 0.600. The zero-order valence-electron chi connectivity index (χ0n) is 20.3. The molecule has 1 saturated heterocycles. The van der Waals surface area contributed by atoms with Gasteiger partial charge in [-0.1, -0.05) is 23.4 Å². The normalized spacial score (nSPS) is 17.0. The molecule has 7 heteroatoms. The molecule has 1 amide bonds. The van der Waals surface area contributed by atoms with Crippen LogP contribution >= 0.6 is 0 Å². The Kier molecular flexibility index (Phi) is 8.70. The summed E-state index contributed by atoms with van der Waals surface area (Å²) in [4.78, 5) is 19.9. The van der Waals surface area contributed by atoms with E-state index >= 15 is 0 Å². The van der Waals surface area contributed by atoms with E-state index in [0.717, 1.165) is 74.9 Å². The Bertz CT molecular complexity index is 860. The summed E-state index contributed by atoms with van der Waals surface area (Å²) in [7, 11) is 5.82. The fourth-order valence-electron chi connectivity index (χ4n) is 4.49. The molecule has 0 saturated carbocycles. The van der Waals surface area contributed by atoms with E-state index in [-0.39, 0.29) is 5.91 Å². The van der Waals surface area contributed by atoms with Crippen LogP contribution in [0.3, 0.4) is 0 Å². The molecule has 176 valence electrons. The van der Waals surface area contributed by atoms with Crippen LogP contribution in [0, 0.1) is 19.8 Å². The topological polar surface area (TPSA) is 62.1 Å². The Hall–Kier alpha value is -2.38. The smallest absolute Gasteiger partial charge is 0.227 e. The van der Waals surface area contributed by atoms with E-state index in [1.165, 1.54) is 5.56 Å². The van der Waals surface area contributed by atoms with Gasteiger partial charge in [-0.25, -0.2) is 0 Å². The van der Waals surface area contributed by atoms with Gasteiger partial charge >= 0.3 is 0 Å². The third-order valence-corrected chi connectivity index (χ3v) is 6.35. The van der Waals surface area contributed by atoms with Crippen molar-refractivity contribution in [2.45, 2.75) is 39.7 Å². The largest absolute Gasteiger partial charge is 0.496 e. The van der Waals surface area contributed by atoms with Crippen molar-refractivity contribution in [1.82, 2.24) is 19.9 Å². The number of nitrogens with zero attached hydrogens (tertiary/aromatic N) is 4. The molecule has 0 aliphatic carbocycles. The third kappa shape index (κ3) is 6.56. The molecule has 1 aromatic carbocycles. The average Bonchev–Trinajstić information content (AvgIpc) is 3.09. The zero-order chi connectivity index (χ0) is 23.1. The first-order chi connectivity index (χ1) is 15.4. The number of carbonyl (C=O) groups excluding carboxylic acids is 1. The highest BCUT2D eigenvalue weighted by molar-refractivity contribution is 5.79. The van der Waals surface area contributed by atoms with E-state index in [1.54, 1.807) is 7.11 Å². The maximum atomic E-state index is 13.3. The minimum atomic E-state index is 0.156. The number of likely N-dealkylation sites (tertiary alicyclic amines) is 1. The number of piperidine rings is 1. The number of para-hydroxylation sites is 1. The first-order valence-corrected chi connectivity index (χ1v) is 11.6. The molecule has 0 radical (unpaired) electrons. The summed E-state index contributed by atoms with van der Waals surface area (Å²) in [5.41, 5.74) is 2.95. The molecule has 1 fully saturated rings. The van der Waals surface area contributed by atoms with E-state index in [1.807, 2.05) is 45.0 Å². The zero-order valence-corrected chi connectivity index (χ0v) is 20.3. The van der Waals surface area contributed by atoms with Crippen molar-refractivity contribution < 1.29 is 14.1 Å². The summed E-state index contributed by atoms with van der Waals surface area (Å²) >= 11 is 0. The molecule has 7 nitrogen and oxygen atoms in total. The maximum Gasteiger partial charge on any atom is 0.227 e. The minimum absolute atomic E-state index is 0.156. The first kappa shape index (κ1) is 24.3. The van der Waals surface area contributed by atoms with E-state index in [2.05, 4.69) is 27.1 Å². The van der Waals surface area contributed by atoms with E-state index in [9.17, 15) is 4.79 Å². The molecule has 3 rings (SSSR count). The number of hydrogen-bond donors (Lipinski definition) is 0. The number of carbonyl (C=O) groups is 1. The molecule has 1 atom stereocenters. The van der Waals surface area contributed by atoms with Crippen molar-refractivity contribution in [3.63, 3.8) is 0 Å². The van der Waals surface area contributed by atoms with Crippen LogP contribution < -0.4 is 4.74 Å². The Morgan fingerprint density at radius 3 is 2.72 bits per heavy atom. The van der Waals surface area contributed by atoms with Gasteiger partial charge in [0.2, 0.25) is 5.91 Å². The molecular formula is C25H38N4O3. The Morgan fingerprint density at radius 2 is 2.03 bits per heavy atom. The van der Waals surface area contributed by atoms with E-state index < -0.39 is 0 Å². The monoisotopic (exact) mass is 442 g/mol. The van der Waals surface area contributed by atoms with Crippen LogP contribution in [0.2, 0.25) is 0 Å². The van der Waals surface area contributed by atoms with Gasteiger partial charge in [-0.2, -0.15) is 0 Å². The summed E-state index contributed by atoms with van der Waals surface area (Å²) in [5, 5.41) is 4.01. The number of amides is 1. The Morgan fingerprint density at radius 1 is 1.25 bits per heavy atom. The van der Waals surface area contributed by atoms with Gasteiger partial charge in [-0.15, -0.1) is 0 Å². The van der Waals surface area contributed by atoms with E-state index in [0.29, 0.717) is 12.3 Å². The van der Waals surface area contributed by atoms with Crippen molar-refractivity contribution in [2.24, 2.45) is 5.92 Å². The molecule has 0 unspecified atom stereocenters. The number of hydrogen-bond acceptors (Lipinski definition) is 6. The van der Waals surface area contributed by atoms with Crippen molar-refractivity contribution in [3.8, 4) is 5.75 Å². The van der Waals surface area contributed by atoms with Gasteiger partial charge in [-0.05, 0) is 59.3 Å². The highest BCUT2D eigenvalue weighted by Crippen LogP contribution is 2.24. The summed E-state index contributed by atoms with van der Waals surface area (Å²) < 4.78 is 10.8. The van der Waals surface area contributed by atoms with Crippen molar-refractivity contribution >= 4 is 5.91 Å². The van der Waals surface area contributed by atoms with Gasteiger partial charge in [-0.3, -0.25) is 9.69 Å². The highest BCUT2D eigenvalue weighted by atomic mass is 16.5. The number of aromatic nitrogens is 1. The predicted octanol–water partition coefficient (Wildman–Crippen LogP) is 3.14. The van der Waals surface area contributed by atoms with Gasteiger partial charge in [0.15, 0.2) is 0 Å². The molecule has 1 aliphatic rings. The summed E-state index contributed by atoms with van der Waals surface area (Å²) in [6.07, 6.45) is 2.66. The molecular weight excluding hydrogens is 404 g/mol. The summed E-state index contributed by atoms with van der Waals surface area (Å²) in [5.74, 6) is 2.30. The number of ether oxygens (including phenoxy) is 1. The summed E-state index contributed by atoms with van der Waals surface area (Å²) in [6.45, 7) is 9.12. The molecule has 32 heavy (non-hydrogen) atoms. The lowest BCUT2D eigenvalue weighted by atomic mass is 9.96. The lowest BCUT2D eigenvalue weighted by Crippen LogP contribution is -2.45. The highest BCUT2D eigenvalue weighted by Gasteiger charge is 2.26. The standard InChI is InChI=1S/C25H38N4O3/c1-19-23(20(2)32-26-19)15-25(30)29(14-13-27(3)4)17-21-9-8-12-28(16-21)18-22-10-6-7-11-24(22)31-5/h6-7,10-11,21H,8-9,12-18H2,1-5H3/t21-/m1/s1. The predicted molar refractivity (Wildman–Crippen MR) is 126 cm³/mol. The summed E-state index contributed by atoms with van der Waals surface area (Å²) in [6, 6.07) is 8.23. The molecule has 1 aliphatic heterocycles. The lowest BCUT2D eigenvalue weighted by Gasteiger charge is -2.36. The minimum Gasteiger partial charge on any atom is -0.496 e. The second-order valence-electron chi connectivity index (χ2n) is 9.18. The first-order valence-electron chi connectivity index (χ1n) is 11.6. The Balaban J connectivity index is 1.64. The molecule has 0 N–H and O–H groups in total. The van der Waals surface area contributed by atoms with Gasteiger partial charge in [0.1, 0.15) is 11.5 Å². The van der Waals surface area contributed by atoms with Crippen LogP contribution in [-0.4, -0.2) is 79.7 Å². The van der Waals surface area contributed by atoms with Crippen LogP contribution in [0.5, 0.6) is 5.75 Å². The van der Waals surface area contributed by atoms with Crippen LogP contribution in [0.4, 0.5) is 0 Å². The molecule has 1 aromatic heterocycles. The van der Waals surface area contributed by atoms with Gasteiger partial charge in [0.25, 0.3) is 0 Å². The van der Waals surface area contributed by atoms with Crippen LogP contribution in [0.1, 0.15) is 35.4 Å². The lowest BCUT2D eigenvalue weighted by molar-refractivity contribution is -0.131. The van der Waals surface area contributed by atoms with Crippen LogP contribution in [-0.2, 0) is 17.8 Å². The van der Waals surface area contributed by atoms with Crippen LogP contribution in [0.15, 0.2) is 28.8 Å². The Labute approximate surface area is 192 Å². The number of methoxy groups -OCH3 is 1. The average molecular weight is 443 g/mol. The maximum absolute atomic E-state index is 13.3. The second-order valence-corrected chi connectivity index (χ2v) is 9.18. The second kappa shape index (κ2) is 11.5. The van der Waals surface area contributed by atoms with Crippen molar-refractivity contribution in [2.75, 3.05) is 53.9 Å². The molecule has 0 spiro atoms. The SMILES string of the molecule is COc1ccccc1CN1CCC[C@@H](CN(CCN(C)C)C(=O)Cc2c(C)noc2C)C1. The molecule has 0 bridgehead atoms. The van der Waals surface area contributed by atoms with Gasteiger partial charge < -0.3 is 19.1 Å². The van der Waals surface area contributed by atoms with Crippen LogP contribution in [0.25, 0.3) is 0 Å².